The molecule has 0 atom stereocenters. The highest BCUT2D eigenvalue weighted by Gasteiger charge is 2.13. The van der Waals surface area contributed by atoms with Crippen LogP contribution < -0.4 is 16.0 Å². The van der Waals surface area contributed by atoms with Gasteiger partial charge in [-0.3, -0.25) is 19.5 Å². The third-order valence-corrected chi connectivity index (χ3v) is 3.14. The van der Waals surface area contributed by atoms with Crippen molar-refractivity contribution in [3.05, 3.63) is 55.7 Å². The van der Waals surface area contributed by atoms with Gasteiger partial charge >= 0.3 is 0 Å². The van der Waals surface area contributed by atoms with Gasteiger partial charge < -0.3 is 10.5 Å². The van der Waals surface area contributed by atoms with Crippen molar-refractivity contribution in [1.82, 2.24) is 9.55 Å². The number of nitro groups is 1. The lowest BCUT2D eigenvalue weighted by Crippen LogP contribution is -2.24. The van der Waals surface area contributed by atoms with E-state index in [0.29, 0.717) is 11.3 Å². The SMILES string of the molecule is COc1ccc([N+](=O)[O-])cc1Cn1cnc(Cl)c(N)c1=O. The van der Waals surface area contributed by atoms with Crippen molar-refractivity contribution in [2.45, 2.75) is 6.54 Å². The molecule has 2 N–H and O–H groups in total. The van der Waals surface area contributed by atoms with Crippen LogP contribution in [0.15, 0.2) is 29.3 Å². The van der Waals surface area contributed by atoms with E-state index in [1.54, 1.807) is 0 Å². The van der Waals surface area contributed by atoms with Crippen LogP contribution in [0.5, 0.6) is 5.75 Å². The quantitative estimate of drug-likeness (QED) is 0.519. The summed E-state index contributed by atoms with van der Waals surface area (Å²) in [5.74, 6) is 0.418. The number of nitrogens with zero attached hydrogens (tertiary/aromatic N) is 3. The average molecular weight is 311 g/mol. The first kappa shape index (κ1) is 14.8. The lowest BCUT2D eigenvalue weighted by Gasteiger charge is -2.10. The van der Waals surface area contributed by atoms with Crippen molar-refractivity contribution < 1.29 is 9.66 Å². The second kappa shape index (κ2) is 5.80. The number of hydrogen-bond donors (Lipinski definition) is 1. The van der Waals surface area contributed by atoms with E-state index in [-0.39, 0.29) is 23.1 Å². The largest absolute Gasteiger partial charge is 0.496 e. The zero-order valence-corrected chi connectivity index (χ0v) is 11.7. The average Bonchev–Trinajstić information content (AvgIpc) is 2.47. The molecule has 0 spiro atoms. The molecule has 0 amide bonds. The Morgan fingerprint density at radius 1 is 1.52 bits per heavy atom. The lowest BCUT2D eigenvalue weighted by molar-refractivity contribution is -0.384. The normalized spacial score (nSPS) is 10.4. The van der Waals surface area contributed by atoms with Gasteiger partial charge in [0, 0.05) is 17.7 Å². The van der Waals surface area contributed by atoms with Crippen molar-refractivity contribution >= 4 is 23.0 Å². The fourth-order valence-corrected chi connectivity index (χ4v) is 1.91. The van der Waals surface area contributed by atoms with Gasteiger partial charge in [0.25, 0.3) is 11.2 Å². The van der Waals surface area contributed by atoms with Crippen LogP contribution in [0, 0.1) is 10.1 Å². The molecule has 0 aliphatic heterocycles. The van der Waals surface area contributed by atoms with Gasteiger partial charge in [-0.05, 0) is 6.07 Å². The molecule has 0 bridgehead atoms. The number of methoxy groups -OCH3 is 1. The van der Waals surface area contributed by atoms with Gasteiger partial charge in [-0.15, -0.1) is 0 Å². The summed E-state index contributed by atoms with van der Waals surface area (Å²) in [5.41, 5.74) is 5.17. The molecule has 0 saturated heterocycles. The number of nitrogens with two attached hydrogens (primary N) is 1. The Kier molecular flexibility index (Phi) is 4.08. The Hall–Kier alpha value is -2.61. The maximum Gasteiger partial charge on any atom is 0.278 e. The molecule has 1 aromatic carbocycles. The maximum absolute atomic E-state index is 12.0. The van der Waals surface area contributed by atoms with Crippen molar-refractivity contribution in [3.8, 4) is 5.75 Å². The smallest absolute Gasteiger partial charge is 0.278 e. The lowest BCUT2D eigenvalue weighted by atomic mass is 10.1. The standard InChI is InChI=1S/C12H11ClN4O4/c1-21-9-3-2-8(17(19)20)4-7(9)5-16-6-15-11(13)10(14)12(16)18/h2-4,6H,5,14H2,1H3. The Morgan fingerprint density at radius 3 is 2.86 bits per heavy atom. The Balaban J connectivity index is 2.48. The van der Waals surface area contributed by atoms with Gasteiger partial charge in [0.1, 0.15) is 11.4 Å². The fourth-order valence-electron chi connectivity index (χ4n) is 1.78. The molecule has 21 heavy (non-hydrogen) atoms. The molecule has 2 rings (SSSR count). The maximum atomic E-state index is 12.0. The van der Waals surface area contributed by atoms with E-state index < -0.39 is 10.5 Å². The number of hydrogen-bond acceptors (Lipinski definition) is 6. The first-order chi connectivity index (χ1) is 9.93. The Morgan fingerprint density at radius 2 is 2.24 bits per heavy atom. The van der Waals surface area contributed by atoms with E-state index in [0.717, 1.165) is 0 Å². The monoisotopic (exact) mass is 310 g/mol. The molecule has 0 fully saturated rings. The van der Waals surface area contributed by atoms with E-state index in [1.807, 2.05) is 0 Å². The molecule has 0 aliphatic carbocycles. The predicted octanol–water partition coefficient (Wildman–Crippen LogP) is 1.44. The molecule has 0 aliphatic rings. The minimum Gasteiger partial charge on any atom is -0.496 e. The minimum absolute atomic E-state index is 0.0258. The first-order valence-electron chi connectivity index (χ1n) is 5.75. The van der Waals surface area contributed by atoms with Gasteiger partial charge in [-0.2, -0.15) is 0 Å². The number of ether oxygens (including phenoxy) is 1. The molecule has 110 valence electrons. The number of rotatable bonds is 4. The summed E-state index contributed by atoms with van der Waals surface area (Å²) in [5, 5.41) is 10.7. The van der Waals surface area contributed by atoms with Crippen LogP contribution >= 0.6 is 11.6 Å². The van der Waals surface area contributed by atoms with Gasteiger partial charge in [0.15, 0.2) is 5.15 Å². The minimum atomic E-state index is -0.528. The van der Waals surface area contributed by atoms with Crippen LogP contribution in [0.2, 0.25) is 5.15 Å². The highest BCUT2D eigenvalue weighted by Crippen LogP contribution is 2.24. The highest BCUT2D eigenvalue weighted by molar-refractivity contribution is 6.31. The molecule has 1 heterocycles. The number of nitrogen functional groups attached to an aromatic ring is 1. The van der Waals surface area contributed by atoms with Gasteiger partial charge in [0.2, 0.25) is 0 Å². The third-order valence-electron chi connectivity index (χ3n) is 2.84. The van der Waals surface area contributed by atoms with E-state index in [9.17, 15) is 14.9 Å². The summed E-state index contributed by atoms with van der Waals surface area (Å²) in [7, 11) is 1.43. The predicted molar refractivity (Wildman–Crippen MR) is 76.7 cm³/mol. The van der Waals surface area contributed by atoms with Gasteiger partial charge in [0.05, 0.1) is 24.9 Å². The summed E-state index contributed by atoms with van der Waals surface area (Å²) in [6.45, 7) is 0.0258. The van der Waals surface area contributed by atoms with Crippen molar-refractivity contribution in [2.24, 2.45) is 0 Å². The fraction of sp³-hybridized carbons (Fsp3) is 0.167. The van der Waals surface area contributed by atoms with Crippen molar-refractivity contribution in [3.63, 3.8) is 0 Å². The Bertz CT molecular complexity index is 759. The second-order valence-corrected chi connectivity index (χ2v) is 4.49. The number of anilines is 1. The number of halogens is 1. The van der Waals surface area contributed by atoms with Crippen LogP contribution in [0.25, 0.3) is 0 Å². The molecule has 0 unspecified atom stereocenters. The van der Waals surface area contributed by atoms with Crippen LogP contribution in [0.4, 0.5) is 11.4 Å². The molecule has 0 radical (unpaired) electrons. The summed E-state index contributed by atoms with van der Waals surface area (Å²) in [4.78, 5) is 26.0. The first-order valence-corrected chi connectivity index (χ1v) is 6.13. The van der Waals surface area contributed by atoms with E-state index >= 15 is 0 Å². The number of nitro benzene ring substituents is 1. The molecule has 1 aromatic heterocycles. The molecule has 0 saturated carbocycles. The van der Waals surface area contributed by atoms with Crippen LogP contribution in [-0.2, 0) is 6.54 Å². The number of aromatic nitrogens is 2. The zero-order chi connectivity index (χ0) is 15.6. The molecule has 9 heteroatoms. The van der Waals surface area contributed by atoms with Crippen LogP contribution in [0.1, 0.15) is 5.56 Å². The molecule has 8 nitrogen and oxygen atoms in total. The van der Waals surface area contributed by atoms with Crippen LogP contribution in [0.3, 0.4) is 0 Å². The number of non-ortho nitro benzene ring substituents is 1. The van der Waals surface area contributed by atoms with E-state index in [1.165, 1.54) is 36.2 Å². The highest BCUT2D eigenvalue weighted by atomic mass is 35.5. The zero-order valence-electron chi connectivity index (χ0n) is 10.9. The van der Waals surface area contributed by atoms with Crippen molar-refractivity contribution in [2.75, 3.05) is 12.8 Å². The summed E-state index contributed by atoms with van der Waals surface area (Å²) in [6, 6.07) is 4.11. The molecule has 2 aromatic rings. The van der Waals surface area contributed by atoms with E-state index in [2.05, 4.69) is 4.98 Å². The topological polar surface area (TPSA) is 113 Å². The molecular formula is C12H11ClN4O4. The Labute approximate surface area is 123 Å². The number of benzene rings is 1. The van der Waals surface area contributed by atoms with Crippen LogP contribution in [-0.4, -0.2) is 21.6 Å². The third kappa shape index (κ3) is 2.95. The summed E-state index contributed by atoms with van der Waals surface area (Å²) < 4.78 is 6.33. The van der Waals surface area contributed by atoms with Gasteiger partial charge in [-0.25, -0.2) is 4.98 Å². The summed E-state index contributed by atoms with van der Waals surface area (Å²) >= 11 is 5.65. The van der Waals surface area contributed by atoms with Gasteiger partial charge in [-0.1, -0.05) is 11.6 Å². The van der Waals surface area contributed by atoms with Crippen molar-refractivity contribution in [1.29, 1.82) is 0 Å². The van der Waals surface area contributed by atoms with E-state index in [4.69, 9.17) is 22.1 Å². The molecular weight excluding hydrogens is 300 g/mol. The summed E-state index contributed by atoms with van der Waals surface area (Å²) in [6.07, 6.45) is 1.22. The second-order valence-electron chi connectivity index (χ2n) is 4.14.